The summed E-state index contributed by atoms with van der Waals surface area (Å²) >= 11 is 0. The molecule has 0 unspecified atom stereocenters. The van der Waals surface area contributed by atoms with E-state index in [1.165, 1.54) is 22.4 Å². The molecule has 0 N–H and O–H groups in total. The smallest absolute Gasteiger partial charge is 0.0650 e. The van der Waals surface area contributed by atoms with Crippen LogP contribution in [0.4, 0.5) is 0 Å². The van der Waals surface area contributed by atoms with E-state index in [1.54, 1.807) is 0 Å². The van der Waals surface area contributed by atoms with E-state index in [0.29, 0.717) is 0 Å². The van der Waals surface area contributed by atoms with Gasteiger partial charge >= 0.3 is 0 Å². The summed E-state index contributed by atoms with van der Waals surface area (Å²) < 4.78 is 2.02. The predicted octanol–water partition coefficient (Wildman–Crippen LogP) is 3.11. The maximum atomic E-state index is 3.12. The lowest BCUT2D eigenvalue weighted by molar-refractivity contribution is 0.928. The Morgan fingerprint density at radius 1 is 1.07 bits per heavy atom. The largest absolute Gasteiger partial charge is 0.342 e. The lowest BCUT2D eigenvalue weighted by Gasteiger charge is -2.06. The molecule has 1 radical (unpaired) electrons. The van der Waals surface area contributed by atoms with E-state index < -0.39 is 0 Å². The van der Waals surface area contributed by atoms with Gasteiger partial charge in [0.15, 0.2) is 0 Å². The molecular weight excluding hydrogens is 170 g/mol. The molecule has 1 nitrogen and oxygen atoms in total. The van der Waals surface area contributed by atoms with Crippen molar-refractivity contribution in [2.24, 2.45) is 7.05 Å². The van der Waals surface area contributed by atoms with Gasteiger partial charge in [0.1, 0.15) is 0 Å². The van der Waals surface area contributed by atoms with Crippen LogP contribution in [0.3, 0.4) is 0 Å². The van der Waals surface area contributed by atoms with Crippen molar-refractivity contribution in [2.45, 2.75) is 13.8 Å². The van der Waals surface area contributed by atoms with E-state index in [-0.39, 0.29) is 0 Å². The Kier molecular flexibility index (Phi) is 2.16. The molecule has 1 aromatic carbocycles. The molecular formula is C13H14N. The molecule has 0 atom stereocenters. The van der Waals surface area contributed by atoms with Crippen LogP contribution in [0.15, 0.2) is 30.3 Å². The van der Waals surface area contributed by atoms with Gasteiger partial charge in [-0.15, -0.1) is 0 Å². The van der Waals surface area contributed by atoms with Crippen LogP contribution in [0.5, 0.6) is 0 Å². The van der Waals surface area contributed by atoms with Crippen LogP contribution >= 0.6 is 0 Å². The van der Waals surface area contributed by atoms with E-state index in [1.807, 2.05) is 17.7 Å². The average Bonchev–Trinajstić information content (AvgIpc) is 2.57. The highest BCUT2D eigenvalue weighted by atomic mass is 14.9. The van der Waals surface area contributed by atoms with Crippen molar-refractivity contribution in [3.8, 4) is 11.3 Å². The average molecular weight is 184 g/mol. The topological polar surface area (TPSA) is 4.93 Å². The van der Waals surface area contributed by atoms with E-state index in [0.717, 1.165) is 0 Å². The molecule has 0 bridgehead atoms. The second-order valence-electron chi connectivity index (χ2n) is 3.71. The first-order chi connectivity index (χ1) is 6.68. The Labute approximate surface area is 85.0 Å². The summed E-state index contributed by atoms with van der Waals surface area (Å²) in [6, 6.07) is 10.6. The van der Waals surface area contributed by atoms with Crippen LogP contribution in [-0.2, 0) is 7.05 Å². The molecule has 0 aliphatic rings. The summed E-state index contributed by atoms with van der Waals surface area (Å²) in [7, 11) is 2.02. The van der Waals surface area contributed by atoms with Crippen LogP contribution in [0.25, 0.3) is 11.3 Å². The first-order valence-corrected chi connectivity index (χ1v) is 4.79. The first-order valence-electron chi connectivity index (χ1n) is 4.79. The Morgan fingerprint density at radius 2 is 1.86 bits per heavy atom. The minimum Gasteiger partial charge on any atom is -0.342 e. The summed E-state index contributed by atoms with van der Waals surface area (Å²) in [5, 5.41) is 0. The van der Waals surface area contributed by atoms with Gasteiger partial charge in [-0.1, -0.05) is 12.1 Å². The lowest BCUT2D eigenvalue weighted by Crippen LogP contribution is -1.90. The summed E-state index contributed by atoms with van der Waals surface area (Å²) in [4.78, 5) is 0. The van der Waals surface area contributed by atoms with Gasteiger partial charge in [0.05, 0.1) is 6.20 Å². The minimum absolute atomic E-state index is 1.22. The predicted molar refractivity (Wildman–Crippen MR) is 59.2 cm³/mol. The molecule has 0 fully saturated rings. The third kappa shape index (κ3) is 1.46. The fraction of sp³-hybridized carbons (Fsp3) is 0.231. The van der Waals surface area contributed by atoms with Crippen molar-refractivity contribution in [1.29, 1.82) is 0 Å². The van der Waals surface area contributed by atoms with Gasteiger partial charge in [0, 0.05) is 12.7 Å². The Bertz CT molecular complexity index is 452. The standard InChI is InChI=1S/C13H14N/c1-10-6-7-12(9-11(10)2)13-5-4-8-14(13)3/h4-7,9H,1-3H3. The van der Waals surface area contributed by atoms with Gasteiger partial charge < -0.3 is 4.57 Å². The molecule has 1 heterocycles. The van der Waals surface area contributed by atoms with Crippen molar-refractivity contribution >= 4 is 0 Å². The van der Waals surface area contributed by atoms with Crippen molar-refractivity contribution in [1.82, 2.24) is 4.57 Å². The highest BCUT2D eigenvalue weighted by Crippen LogP contribution is 2.21. The zero-order chi connectivity index (χ0) is 10.1. The van der Waals surface area contributed by atoms with Crippen LogP contribution in [0.1, 0.15) is 11.1 Å². The Hall–Kier alpha value is -1.50. The molecule has 2 aromatic rings. The van der Waals surface area contributed by atoms with Crippen molar-refractivity contribution < 1.29 is 0 Å². The van der Waals surface area contributed by atoms with Gasteiger partial charge in [-0.3, -0.25) is 0 Å². The third-order valence-electron chi connectivity index (χ3n) is 2.67. The molecule has 0 aliphatic carbocycles. The maximum absolute atomic E-state index is 3.12. The molecule has 0 aliphatic heterocycles. The molecule has 2 rings (SSSR count). The van der Waals surface area contributed by atoms with E-state index >= 15 is 0 Å². The van der Waals surface area contributed by atoms with Gasteiger partial charge in [-0.2, -0.15) is 0 Å². The van der Waals surface area contributed by atoms with Crippen LogP contribution in [0.2, 0.25) is 0 Å². The van der Waals surface area contributed by atoms with Gasteiger partial charge in [0.2, 0.25) is 0 Å². The summed E-state index contributed by atoms with van der Waals surface area (Å²) in [6.45, 7) is 4.28. The minimum atomic E-state index is 1.22. The third-order valence-corrected chi connectivity index (χ3v) is 2.67. The molecule has 0 saturated heterocycles. The molecule has 14 heavy (non-hydrogen) atoms. The number of nitrogens with zero attached hydrogens (tertiary/aromatic N) is 1. The van der Waals surface area contributed by atoms with Crippen molar-refractivity contribution in [3.05, 3.63) is 47.7 Å². The highest BCUT2D eigenvalue weighted by Gasteiger charge is 2.02. The number of hydrogen-bond donors (Lipinski definition) is 0. The zero-order valence-corrected chi connectivity index (χ0v) is 8.83. The number of rotatable bonds is 1. The maximum Gasteiger partial charge on any atom is 0.0650 e. The summed E-state index contributed by atoms with van der Waals surface area (Å²) in [6.07, 6.45) is 3.12. The molecule has 71 valence electrons. The normalized spacial score (nSPS) is 10.5. The molecule has 0 amide bonds. The SMILES string of the molecule is Cc1ccc(-c2cc[c]n2C)cc1C. The quantitative estimate of drug-likeness (QED) is 0.641. The van der Waals surface area contributed by atoms with Gasteiger partial charge in [-0.25, -0.2) is 0 Å². The van der Waals surface area contributed by atoms with Gasteiger partial charge in [-0.05, 0) is 48.7 Å². The van der Waals surface area contributed by atoms with Crippen LogP contribution in [0, 0.1) is 20.0 Å². The first kappa shape index (κ1) is 9.07. The lowest BCUT2D eigenvalue weighted by atomic mass is 10.0. The number of benzene rings is 1. The fourth-order valence-corrected chi connectivity index (χ4v) is 1.60. The second-order valence-corrected chi connectivity index (χ2v) is 3.71. The Balaban J connectivity index is 2.53. The second kappa shape index (κ2) is 3.33. The monoisotopic (exact) mass is 184 g/mol. The van der Waals surface area contributed by atoms with Crippen molar-refractivity contribution in [2.75, 3.05) is 0 Å². The summed E-state index contributed by atoms with van der Waals surface area (Å²) in [5.41, 5.74) is 5.15. The van der Waals surface area contributed by atoms with E-state index in [9.17, 15) is 0 Å². The van der Waals surface area contributed by atoms with Crippen molar-refractivity contribution in [3.63, 3.8) is 0 Å². The molecule has 0 spiro atoms. The van der Waals surface area contributed by atoms with Crippen LogP contribution in [-0.4, -0.2) is 4.57 Å². The Morgan fingerprint density at radius 3 is 2.43 bits per heavy atom. The molecule has 1 heteroatoms. The number of hydrogen-bond acceptors (Lipinski definition) is 0. The zero-order valence-electron chi connectivity index (χ0n) is 8.83. The van der Waals surface area contributed by atoms with E-state index in [4.69, 9.17) is 0 Å². The summed E-state index contributed by atoms with van der Waals surface area (Å²) in [5.74, 6) is 0. The number of aromatic nitrogens is 1. The van der Waals surface area contributed by atoms with Gasteiger partial charge in [0.25, 0.3) is 0 Å². The molecule has 1 aromatic heterocycles. The molecule has 0 saturated carbocycles. The highest BCUT2D eigenvalue weighted by molar-refractivity contribution is 5.61. The fourth-order valence-electron chi connectivity index (χ4n) is 1.60. The van der Waals surface area contributed by atoms with E-state index in [2.05, 4.69) is 44.3 Å². The van der Waals surface area contributed by atoms with Crippen LogP contribution < -0.4 is 0 Å². The number of aryl methyl sites for hydroxylation is 3.